The van der Waals surface area contributed by atoms with Crippen molar-refractivity contribution in [1.29, 1.82) is 0 Å². The fourth-order valence-electron chi connectivity index (χ4n) is 3.85. The number of nitrogens with one attached hydrogen (secondary N) is 1. The number of hydrogen-bond acceptors (Lipinski definition) is 4. The molecule has 2 aromatic heterocycles. The number of hydrogen-bond donors (Lipinski definition) is 1. The summed E-state index contributed by atoms with van der Waals surface area (Å²) < 4.78 is 0. The zero-order valence-electron chi connectivity index (χ0n) is 11.4. The molecule has 0 aromatic carbocycles. The number of fused-ring (bicyclic) bond motifs is 1. The van der Waals surface area contributed by atoms with Crippen molar-refractivity contribution in [2.75, 3.05) is 18.0 Å². The largest absolute Gasteiger partial charge is 0.356 e. The zero-order chi connectivity index (χ0) is 13.6. The second kappa shape index (κ2) is 4.58. The van der Waals surface area contributed by atoms with Crippen LogP contribution in [-0.4, -0.2) is 33.3 Å². The van der Waals surface area contributed by atoms with Crippen molar-refractivity contribution in [3.05, 3.63) is 11.5 Å². The molecule has 1 saturated carbocycles. The molecule has 1 N–H and O–H groups in total. The molecular weight excluding hydrogens is 274 g/mol. The van der Waals surface area contributed by atoms with Gasteiger partial charge in [-0.2, -0.15) is 15.1 Å². The molecule has 2 aromatic rings. The van der Waals surface area contributed by atoms with E-state index >= 15 is 0 Å². The molecule has 3 heterocycles. The Bertz CT molecular complexity index is 622. The molecule has 2 aliphatic rings. The topological polar surface area (TPSA) is 57.7 Å². The lowest BCUT2D eigenvalue weighted by Gasteiger charge is -2.40. The molecule has 0 unspecified atom stereocenters. The number of nitrogens with zero attached hydrogens (tertiary/aromatic N) is 4. The molecule has 106 valence electrons. The minimum absolute atomic E-state index is 0.290. The first-order valence-corrected chi connectivity index (χ1v) is 7.75. The third-order valence-electron chi connectivity index (χ3n) is 5.05. The van der Waals surface area contributed by atoms with Gasteiger partial charge in [0.25, 0.3) is 0 Å². The summed E-state index contributed by atoms with van der Waals surface area (Å²) in [6.07, 6.45) is 9.97. The third kappa shape index (κ3) is 1.95. The normalized spacial score (nSPS) is 21.9. The lowest BCUT2D eigenvalue weighted by molar-refractivity contribution is 0.226. The van der Waals surface area contributed by atoms with Crippen molar-refractivity contribution in [2.24, 2.45) is 5.41 Å². The van der Waals surface area contributed by atoms with E-state index in [4.69, 9.17) is 11.6 Å². The van der Waals surface area contributed by atoms with E-state index in [0.717, 1.165) is 29.9 Å². The van der Waals surface area contributed by atoms with Crippen LogP contribution >= 0.6 is 11.6 Å². The van der Waals surface area contributed by atoms with Crippen molar-refractivity contribution >= 4 is 28.5 Å². The number of anilines is 1. The molecule has 0 amide bonds. The van der Waals surface area contributed by atoms with E-state index in [1.165, 1.54) is 38.5 Å². The molecule has 1 saturated heterocycles. The van der Waals surface area contributed by atoms with Gasteiger partial charge in [-0.3, -0.25) is 5.10 Å². The van der Waals surface area contributed by atoms with E-state index in [0.29, 0.717) is 5.41 Å². The smallest absolute Gasteiger partial charge is 0.226 e. The molecule has 20 heavy (non-hydrogen) atoms. The van der Waals surface area contributed by atoms with Crippen molar-refractivity contribution in [3.63, 3.8) is 0 Å². The summed E-state index contributed by atoms with van der Waals surface area (Å²) >= 11 is 6.02. The van der Waals surface area contributed by atoms with Gasteiger partial charge < -0.3 is 4.90 Å². The van der Waals surface area contributed by atoms with Gasteiger partial charge in [-0.25, -0.2) is 0 Å². The van der Waals surface area contributed by atoms with Gasteiger partial charge >= 0.3 is 0 Å². The number of rotatable bonds is 1. The number of aromatic nitrogens is 4. The van der Waals surface area contributed by atoms with Gasteiger partial charge in [0.15, 0.2) is 5.65 Å². The van der Waals surface area contributed by atoms with Gasteiger partial charge in [-0.15, -0.1) is 0 Å². The molecule has 0 radical (unpaired) electrons. The van der Waals surface area contributed by atoms with Gasteiger partial charge in [0, 0.05) is 13.1 Å². The zero-order valence-corrected chi connectivity index (χ0v) is 12.2. The standard InChI is InChI=1S/C14H18ClN5/c15-13-17-11-10(9-16-19-11)12(18-13)20-7-5-14(6-8-20)3-1-2-4-14/h9H,1-8H2,(H,16,17,18,19). The van der Waals surface area contributed by atoms with Crippen molar-refractivity contribution in [1.82, 2.24) is 20.2 Å². The van der Waals surface area contributed by atoms with Crippen molar-refractivity contribution in [2.45, 2.75) is 38.5 Å². The second-order valence-corrected chi connectivity index (χ2v) is 6.48. The molecule has 5 nitrogen and oxygen atoms in total. The molecule has 1 aliphatic heterocycles. The van der Waals surface area contributed by atoms with Crippen LogP contribution in [0.3, 0.4) is 0 Å². The summed E-state index contributed by atoms with van der Waals surface area (Å²) in [4.78, 5) is 10.9. The Morgan fingerprint density at radius 1 is 1.10 bits per heavy atom. The lowest BCUT2D eigenvalue weighted by Crippen LogP contribution is -2.39. The number of halogens is 1. The van der Waals surface area contributed by atoms with Crippen molar-refractivity contribution < 1.29 is 0 Å². The fourth-order valence-corrected chi connectivity index (χ4v) is 4.02. The Morgan fingerprint density at radius 3 is 2.60 bits per heavy atom. The average molecular weight is 292 g/mol. The number of H-pyrrole nitrogens is 1. The summed E-state index contributed by atoms with van der Waals surface area (Å²) in [6, 6.07) is 0. The average Bonchev–Trinajstić information content (AvgIpc) is 3.08. The third-order valence-corrected chi connectivity index (χ3v) is 5.22. The summed E-state index contributed by atoms with van der Waals surface area (Å²) in [7, 11) is 0. The summed E-state index contributed by atoms with van der Waals surface area (Å²) in [5, 5.41) is 8.19. The maximum absolute atomic E-state index is 6.02. The minimum atomic E-state index is 0.290. The summed E-state index contributed by atoms with van der Waals surface area (Å²) in [6.45, 7) is 2.13. The van der Waals surface area contributed by atoms with Crippen LogP contribution in [0.1, 0.15) is 38.5 Å². The van der Waals surface area contributed by atoms with E-state index in [9.17, 15) is 0 Å². The van der Waals surface area contributed by atoms with Gasteiger partial charge in [0.2, 0.25) is 5.28 Å². The van der Waals surface area contributed by atoms with Crippen molar-refractivity contribution in [3.8, 4) is 0 Å². The maximum atomic E-state index is 6.02. The first-order chi connectivity index (χ1) is 9.76. The Kier molecular flexibility index (Phi) is 2.84. The highest BCUT2D eigenvalue weighted by Crippen LogP contribution is 2.46. The molecule has 2 fully saturated rings. The van der Waals surface area contributed by atoms with E-state index in [-0.39, 0.29) is 5.28 Å². The fraction of sp³-hybridized carbons (Fsp3) is 0.643. The minimum Gasteiger partial charge on any atom is -0.356 e. The lowest BCUT2D eigenvalue weighted by atomic mass is 9.77. The van der Waals surface area contributed by atoms with Crippen LogP contribution in [0, 0.1) is 5.41 Å². The molecule has 1 spiro atoms. The molecule has 6 heteroatoms. The predicted molar refractivity (Wildman–Crippen MR) is 79.0 cm³/mol. The van der Waals surface area contributed by atoms with Crippen LogP contribution in [0.4, 0.5) is 5.82 Å². The van der Waals surface area contributed by atoms with Crippen LogP contribution in [0.15, 0.2) is 6.20 Å². The Balaban J connectivity index is 1.62. The number of aromatic amines is 1. The second-order valence-electron chi connectivity index (χ2n) is 6.14. The van der Waals surface area contributed by atoms with Gasteiger partial charge in [-0.1, -0.05) is 12.8 Å². The molecule has 1 aliphatic carbocycles. The van der Waals surface area contributed by atoms with E-state index in [1.807, 2.05) is 0 Å². The van der Waals surface area contributed by atoms with Crippen LogP contribution in [0.25, 0.3) is 11.0 Å². The van der Waals surface area contributed by atoms with E-state index in [1.54, 1.807) is 6.20 Å². The SMILES string of the molecule is Clc1nc(N2CCC3(CCCC3)CC2)c2cn[nH]c2n1. The summed E-state index contributed by atoms with van der Waals surface area (Å²) in [5.74, 6) is 0.932. The van der Waals surface area contributed by atoms with Crippen LogP contribution in [0.2, 0.25) is 5.28 Å². The Morgan fingerprint density at radius 2 is 1.85 bits per heavy atom. The molecular formula is C14H18ClN5. The predicted octanol–water partition coefficient (Wildman–Crippen LogP) is 3.17. The van der Waals surface area contributed by atoms with Gasteiger partial charge in [0.05, 0.1) is 11.6 Å². The van der Waals surface area contributed by atoms with Crippen LogP contribution in [-0.2, 0) is 0 Å². The Hall–Kier alpha value is -1.36. The first-order valence-electron chi connectivity index (χ1n) is 7.37. The van der Waals surface area contributed by atoms with E-state index in [2.05, 4.69) is 25.1 Å². The molecule has 0 atom stereocenters. The van der Waals surface area contributed by atoms with E-state index < -0.39 is 0 Å². The van der Waals surface area contributed by atoms with Gasteiger partial charge in [-0.05, 0) is 42.7 Å². The highest BCUT2D eigenvalue weighted by atomic mass is 35.5. The van der Waals surface area contributed by atoms with Gasteiger partial charge in [0.1, 0.15) is 5.82 Å². The monoisotopic (exact) mass is 291 g/mol. The van der Waals surface area contributed by atoms with Crippen LogP contribution < -0.4 is 4.90 Å². The quantitative estimate of drug-likeness (QED) is 0.820. The van der Waals surface area contributed by atoms with Crippen LogP contribution in [0.5, 0.6) is 0 Å². The molecule has 0 bridgehead atoms. The molecule has 4 rings (SSSR count). The highest BCUT2D eigenvalue weighted by Gasteiger charge is 2.37. The first kappa shape index (κ1) is 12.4. The summed E-state index contributed by atoms with van der Waals surface area (Å²) in [5.41, 5.74) is 1.34. The Labute approximate surface area is 122 Å². The highest BCUT2D eigenvalue weighted by molar-refractivity contribution is 6.28. The number of piperidine rings is 1. The maximum Gasteiger partial charge on any atom is 0.226 e.